The number of unbranched alkanes of at least 4 members (excludes halogenated alkanes) is 1. The van der Waals surface area contributed by atoms with E-state index in [2.05, 4.69) is 22.1 Å². The highest BCUT2D eigenvalue weighted by atomic mass is 35.5. The van der Waals surface area contributed by atoms with Crippen LogP contribution in [0.5, 0.6) is 0 Å². The Kier molecular flexibility index (Phi) is 5.99. The monoisotopic (exact) mass is 306 g/mol. The van der Waals surface area contributed by atoms with Gasteiger partial charge in [-0.15, -0.1) is 0 Å². The molecule has 0 aliphatic heterocycles. The summed E-state index contributed by atoms with van der Waals surface area (Å²) in [7, 11) is -3.60. The lowest BCUT2D eigenvalue weighted by atomic mass is 10.2. The quantitative estimate of drug-likeness (QED) is 0.528. The van der Waals surface area contributed by atoms with Crippen LogP contribution in [0.1, 0.15) is 33.1 Å². The number of aromatic nitrogens is 1. The van der Waals surface area contributed by atoms with Crippen LogP contribution in [-0.2, 0) is 10.0 Å². The van der Waals surface area contributed by atoms with Crippen molar-refractivity contribution < 1.29 is 8.42 Å². The second kappa shape index (κ2) is 7.04. The lowest BCUT2D eigenvalue weighted by molar-refractivity contribution is 0.534. The topological polar surface area (TPSA) is 97.1 Å². The zero-order valence-corrected chi connectivity index (χ0v) is 12.6. The van der Waals surface area contributed by atoms with Crippen molar-refractivity contribution in [2.45, 2.75) is 44.0 Å². The van der Waals surface area contributed by atoms with E-state index in [1.165, 1.54) is 12.3 Å². The highest BCUT2D eigenvalue weighted by molar-refractivity contribution is 7.89. The first-order chi connectivity index (χ1) is 8.90. The summed E-state index contributed by atoms with van der Waals surface area (Å²) < 4.78 is 26.8. The maximum Gasteiger partial charge on any atom is 0.242 e. The van der Waals surface area contributed by atoms with Crippen molar-refractivity contribution >= 4 is 27.4 Å². The summed E-state index contributed by atoms with van der Waals surface area (Å²) in [5, 5.41) is 0.159. The number of nitrogens with one attached hydrogen (secondary N) is 2. The normalized spacial score (nSPS) is 13.3. The smallest absolute Gasteiger partial charge is 0.242 e. The second-order valence-corrected chi connectivity index (χ2v) is 6.43. The van der Waals surface area contributed by atoms with Crippen LogP contribution >= 0.6 is 11.6 Å². The van der Waals surface area contributed by atoms with Crippen LogP contribution in [0.3, 0.4) is 0 Å². The molecule has 1 atom stereocenters. The summed E-state index contributed by atoms with van der Waals surface area (Å²) in [6.45, 7) is 3.89. The lowest BCUT2D eigenvalue weighted by Gasteiger charge is -2.14. The molecule has 0 spiro atoms. The minimum Gasteiger partial charge on any atom is -0.307 e. The average Bonchev–Trinajstić information content (AvgIpc) is 2.35. The third kappa shape index (κ3) is 4.61. The van der Waals surface area contributed by atoms with Crippen LogP contribution < -0.4 is 16.0 Å². The molecule has 0 saturated heterocycles. The molecule has 1 aromatic heterocycles. The first kappa shape index (κ1) is 16.2. The zero-order valence-electron chi connectivity index (χ0n) is 11.0. The van der Waals surface area contributed by atoms with Crippen molar-refractivity contribution in [1.29, 1.82) is 0 Å². The number of halogens is 1. The molecule has 0 aliphatic carbocycles. The third-order valence-electron chi connectivity index (χ3n) is 2.61. The average molecular weight is 307 g/mol. The minimum atomic E-state index is -3.60. The molecular formula is C11H19ClN4O2S. The number of pyridine rings is 1. The van der Waals surface area contributed by atoms with Gasteiger partial charge in [-0.1, -0.05) is 31.4 Å². The molecule has 108 valence electrons. The van der Waals surface area contributed by atoms with Gasteiger partial charge in [-0.05, 0) is 19.4 Å². The Hall–Kier alpha value is -0.890. The molecule has 0 saturated carbocycles. The van der Waals surface area contributed by atoms with Crippen LogP contribution in [0.25, 0.3) is 0 Å². The Morgan fingerprint density at radius 3 is 2.74 bits per heavy atom. The minimum absolute atomic E-state index is 0.0276. The molecule has 0 radical (unpaired) electrons. The fraction of sp³-hybridized carbons (Fsp3) is 0.545. The largest absolute Gasteiger partial charge is 0.307 e. The Morgan fingerprint density at radius 2 is 2.21 bits per heavy atom. The van der Waals surface area contributed by atoms with E-state index in [1.54, 1.807) is 0 Å². The number of nitrogens with zero attached hydrogens (tertiary/aromatic N) is 1. The second-order valence-electron chi connectivity index (χ2n) is 4.31. The van der Waals surface area contributed by atoms with Crippen molar-refractivity contribution in [2.24, 2.45) is 5.84 Å². The number of hydrazine groups is 1. The number of hydrogen-bond acceptors (Lipinski definition) is 5. The first-order valence-corrected chi connectivity index (χ1v) is 7.91. The van der Waals surface area contributed by atoms with E-state index in [1.807, 2.05) is 6.92 Å². The molecule has 0 aliphatic rings. The molecule has 4 N–H and O–H groups in total. The standard InChI is InChI=1S/C11H19ClN4O2S/c1-3-4-5-8(2)16-19(17,18)9-6-10(12)11(15-13)14-7-9/h6-8,16H,3-5,13H2,1-2H3,(H,14,15). The van der Waals surface area contributed by atoms with E-state index < -0.39 is 10.0 Å². The van der Waals surface area contributed by atoms with Crippen LogP contribution in [0.4, 0.5) is 5.82 Å². The number of nitrogens with two attached hydrogens (primary N) is 1. The van der Waals surface area contributed by atoms with Crippen LogP contribution in [0.2, 0.25) is 5.02 Å². The summed E-state index contributed by atoms with van der Waals surface area (Å²) >= 11 is 5.86. The molecule has 0 amide bonds. The van der Waals surface area contributed by atoms with Gasteiger partial charge in [-0.25, -0.2) is 24.0 Å². The lowest BCUT2D eigenvalue weighted by Crippen LogP contribution is -2.32. The summed E-state index contributed by atoms with van der Waals surface area (Å²) in [6, 6.07) is 1.19. The molecule has 0 bridgehead atoms. The third-order valence-corrected chi connectivity index (χ3v) is 4.45. The maximum absolute atomic E-state index is 12.1. The van der Waals surface area contributed by atoms with E-state index in [4.69, 9.17) is 17.4 Å². The molecule has 1 aromatic rings. The Morgan fingerprint density at radius 1 is 1.53 bits per heavy atom. The van der Waals surface area contributed by atoms with Gasteiger partial charge in [0.25, 0.3) is 0 Å². The van der Waals surface area contributed by atoms with Crippen molar-refractivity contribution in [2.75, 3.05) is 5.43 Å². The highest BCUT2D eigenvalue weighted by Crippen LogP contribution is 2.21. The fourth-order valence-corrected chi connectivity index (χ4v) is 3.11. The Bertz CT molecular complexity index is 521. The summed E-state index contributed by atoms with van der Waals surface area (Å²) in [6.07, 6.45) is 4.00. The summed E-state index contributed by atoms with van der Waals surface area (Å²) in [4.78, 5) is 3.87. The van der Waals surface area contributed by atoms with E-state index in [0.717, 1.165) is 19.3 Å². The van der Waals surface area contributed by atoms with Gasteiger partial charge in [0.1, 0.15) is 4.90 Å². The van der Waals surface area contributed by atoms with Gasteiger partial charge >= 0.3 is 0 Å². The number of hydrogen-bond donors (Lipinski definition) is 3. The number of nitrogen functional groups attached to an aromatic ring is 1. The highest BCUT2D eigenvalue weighted by Gasteiger charge is 2.18. The zero-order chi connectivity index (χ0) is 14.5. The molecule has 1 unspecified atom stereocenters. The summed E-state index contributed by atoms with van der Waals surface area (Å²) in [5.41, 5.74) is 2.28. The molecule has 0 aromatic carbocycles. The van der Waals surface area contributed by atoms with Crippen molar-refractivity contribution in [1.82, 2.24) is 9.71 Å². The molecule has 19 heavy (non-hydrogen) atoms. The van der Waals surface area contributed by atoms with E-state index >= 15 is 0 Å². The first-order valence-electron chi connectivity index (χ1n) is 6.05. The van der Waals surface area contributed by atoms with Crippen LogP contribution in [0.15, 0.2) is 17.2 Å². The van der Waals surface area contributed by atoms with Gasteiger partial charge in [-0.3, -0.25) is 0 Å². The van der Waals surface area contributed by atoms with Crippen molar-refractivity contribution in [3.63, 3.8) is 0 Å². The molecule has 0 fully saturated rings. The van der Waals surface area contributed by atoms with E-state index in [0.29, 0.717) is 0 Å². The Balaban J connectivity index is 2.85. The predicted octanol–water partition coefficient (Wildman–Crippen LogP) is 1.88. The predicted molar refractivity (Wildman–Crippen MR) is 76.4 cm³/mol. The van der Waals surface area contributed by atoms with Crippen molar-refractivity contribution in [3.8, 4) is 0 Å². The molecule has 1 rings (SSSR count). The fourth-order valence-electron chi connectivity index (χ4n) is 1.58. The van der Waals surface area contributed by atoms with Crippen LogP contribution in [-0.4, -0.2) is 19.4 Å². The van der Waals surface area contributed by atoms with Gasteiger partial charge in [0, 0.05) is 12.2 Å². The van der Waals surface area contributed by atoms with E-state index in [9.17, 15) is 8.42 Å². The van der Waals surface area contributed by atoms with Gasteiger partial charge in [0.15, 0.2) is 5.82 Å². The number of anilines is 1. The van der Waals surface area contributed by atoms with Crippen LogP contribution in [0, 0.1) is 0 Å². The molecule has 1 heterocycles. The van der Waals surface area contributed by atoms with Gasteiger partial charge in [0.2, 0.25) is 10.0 Å². The molecular weight excluding hydrogens is 288 g/mol. The molecule has 6 nitrogen and oxygen atoms in total. The number of rotatable bonds is 7. The SMILES string of the molecule is CCCCC(C)NS(=O)(=O)c1cnc(NN)c(Cl)c1. The van der Waals surface area contributed by atoms with Gasteiger partial charge in [-0.2, -0.15) is 0 Å². The summed E-state index contributed by atoms with van der Waals surface area (Å²) in [5.74, 6) is 5.42. The van der Waals surface area contributed by atoms with Gasteiger partial charge in [0.05, 0.1) is 5.02 Å². The Labute approximate surface area is 118 Å². The van der Waals surface area contributed by atoms with E-state index in [-0.39, 0.29) is 21.8 Å². The van der Waals surface area contributed by atoms with Crippen molar-refractivity contribution in [3.05, 3.63) is 17.3 Å². The van der Waals surface area contributed by atoms with Gasteiger partial charge < -0.3 is 5.43 Å². The maximum atomic E-state index is 12.1. The number of sulfonamides is 1. The molecule has 8 heteroatoms.